The van der Waals surface area contributed by atoms with Crippen LogP contribution in [0.5, 0.6) is 29.0 Å². The number of rotatable bonds is 7. The largest absolute Gasteiger partial charge is 0.493 e. The van der Waals surface area contributed by atoms with Gasteiger partial charge in [0, 0.05) is 0 Å². The van der Waals surface area contributed by atoms with E-state index in [4.69, 9.17) is 29.0 Å². The Balaban J connectivity index is 1.39. The molecular formula is C32H28N6O4. The fourth-order valence-electron chi connectivity index (χ4n) is 5.38. The smallest absolute Gasteiger partial charge is 0.230 e. The van der Waals surface area contributed by atoms with Gasteiger partial charge in [-0.2, -0.15) is 5.10 Å². The number of fused-ring (bicyclic) bond motifs is 4. The van der Waals surface area contributed by atoms with Crippen LogP contribution in [-0.4, -0.2) is 43.6 Å². The summed E-state index contributed by atoms with van der Waals surface area (Å²) in [5.74, 6) is 3.24. The van der Waals surface area contributed by atoms with Crippen molar-refractivity contribution in [3.05, 3.63) is 113 Å². The summed E-state index contributed by atoms with van der Waals surface area (Å²) in [5, 5.41) is 9.57. The quantitative estimate of drug-likeness (QED) is 0.241. The zero-order valence-corrected chi connectivity index (χ0v) is 23.6. The normalized spacial score (nSPS) is 13.8. The Hall–Kier alpha value is -5.38. The second-order valence-electron chi connectivity index (χ2n) is 10.1. The first-order valence-electron chi connectivity index (χ1n) is 13.5. The molecule has 1 aliphatic heterocycles. The van der Waals surface area contributed by atoms with Gasteiger partial charge in [-0.3, -0.25) is 0 Å². The van der Waals surface area contributed by atoms with Crippen LogP contribution in [0.4, 0.5) is 0 Å². The van der Waals surface area contributed by atoms with Gasteiger partial charge in [0.15, 0.2) is 23.0 Å². The second-order valence-corrected chi connectivity index (χ2v) is 10.1. The fourth-order valence-corrected chi connectivity index (χ4v) is 5.38. The standard InChI is InChI=1S/C32H28N6O4/c1-19-10-13-23(14-11-19)41-17-26-34-30-29-28(21-12-15-24(39-3)25(16-21)40-4)27-20(2)35-38(22-8-6-5-7-9-22)32(27)42-31(29)33-18-37(30)36-26/h5-16,18,28H,17H2,1-4H3. The topological polar surface area (TPSA) is 97.8 Å². The molecule has 0 amide bonds. The minimum Gasteiger partial charge on any atom is -0.493 e. The minimum atomic E-state index is -0.327. The zero-order chi connectivity index (χ0) is 28.8. The Bertz CT molecular complexity index is 1910. The monoisotopic (exact) mass is 560 g/mol. The molecular weight excluding hydrogens is 532 g/mol. The molecule has 0 radical (unpaired) electrons. The molecule has 0 spiro atoms. The average molecular weight is 561 g/mol. The van der Waals surface area contributed by atoms with Crippen molar-refractivity contribution in [2.45, 2.75) is 26.4 Å². The maximum Gasteiger partial charge on any atom is 0.230 e. The Labute approximate surface area is 242 Å². The summed E-state index contributed by atoms with van der Waals surface area (Å²) in [6.45, 7) is 4.23. The van der Waals surface area contributed by atoms with Crippen LogP contribution in [-0.2, 0) is 6.61 Å². The van der Waals surface area contributed by atoms with Crippen LogP contribution in [0.3, 0.4) is 0 Å². The Morgan fingerprint density at radius 3 is 2.40 bits per heavy atom. The third-order valence-electron chi connectivity index (χ3n) is 7.39. The van der Waals surface area contributed by atoms with Crippen molar-refractivity contribution in [3.8, 4) is 34.7 Å². The first-order chi connectivity index (χ1) is 20.5. The van der Waals surface area contributed by atoms with Gasteiger partial charge in [-0.1, -0.05) is 42.0 Å². The molecule has 3 aromatic heterocycles. The lowest BCUT2D eigenvalue weighted by Crippen LogP contribution is -2.16. The lowest BCUT2D eigenvalue weighted by molar-refractivity contribution is 0.296. The van der Waals surface area contributed by atoms with Gasteiger partial charge in [0.1, 0.15) is 18.7 Å². The summed E-state index contributed by atoms with van der Waals surface area (Å²) in [7, 11) is 3.25. The summed E-state index contributed by atoms with van der Waals surface area (Å²) in [6.07, 6.45) is 1.61. The van der Waals surface area contributed by atoms with Crippen LogP contribution in [0.25, 0.3) is 11.3 Å². The summed E-state index contributed by atoms with van der Waals surface area (Å²) in [4.78, 5) is 9.59. The first-order valence-corrected chi connectivity index (χ1v) is 13.5. The zero-order valence-electron chi connectivity index (χ0n) is 23.6. The highest BCUT2D eigenvalue weighted by Gasteiger charge is 2.38. The van der Waals surface area contributed by atoms with Gasteiger partial charge in [0.05, 0.1) is 42.6 Å². The van der Waals surface area contributed by atoms with Crippen LogP contribution in [0, 0.1) is 13.8 Å². The van der Waals surface area contributed by atoms with Gasteiger partial charge >= 0.3 is 0 Å². The third-order valence-corrected chi connectivity index (χ3v) is 7.39. The molecule has 0 saturated carbocycles. The predicted octanol–water partition coefficient (Wildman–Crippen LogP) is 5.81. The average Bonchev–Trinajstić information content (AvgIpc) is 3.60. The maximum absolute atomic E-state index is 6.52. The van der Waals surface area contributed by atoms with E-state index in [1.807, 2.05) is 91.3 Å². The number of methoxy groups -OCH3 is 2. The lowest BCUT2D eigenvalue weighted by atomic mass is 9.84. The van der Waals surface area contributed by atoms with E-state index in [1.165, 1.54) is 0 Å². The molecule has 0 bridgehead atoms. The molecule has 1 unspecified atom stereocenters. The van der Waals surface area contributed by atoms with Gasteiger partial charge < -0.3 is 18.9 Å². The molecule has 1 atom stereocenters. The lowest BCUT2D eigenvalue weighted by Gasteiger charge is -2.26. The van der Waals surface area contributed by atoms with Crippen molar-refractivity contribution in [3.63, 3.8) is 0 Å². The highest BCUT2D eigenvalue weighted by atomic mass is 16.5. The van der Waals surface area contributed by atoms with Crippen LogP contribution in [0.1, 0.15) is 39.7 Å². The molecule has 210 valence electrons. The Morgan fingerprint density at radius 1 is 0.857 bits per heavy atom. The number of aryl methyl sites for hydroxylation is 2. The van der Waals surface area contributed by atoms with Gasteiger partial charge in [0.2, 0.25) is 11.8 Å². The summed E-state index contributed by atoms with van der Waals surface area (Å²) >= 11 is 0. The number of benzene rings is 3. The number of para-hydroxylation sites is 1. The van der Waals surface area contributed by atoms with Crippen molar-refractivity contribution in [1.82, 2.24) is 29.4 Å². The molecule has 10 heteroatoms. The van der Waals surface area contributed by atoms with Crippen molar-refractivity contribution >= 4 is 5.65 Å². The summed E-state index contributed by atoms with van der Waals surface area (Å²) in [5.41, 5.74) is 6.14. The van der Waals surface area contributed by atoms with E-state index in [9.17, 15) is 0 Å². The van der Waals surface area contributed by atoms with E-state index >= 15 is 0 Å². The van der Waals surface area contributed by atoms with E-state index in [0.717, 1.165) is 39.4 Å². The molecule has 0 N–H and O–H groups in total. The second kappa shape index (κ2) is 10.2. The molecule has 42 heavy (non-hydrogen) atoms. The molecule has 7 rings (SSSR count). The van der Waals surface area contributed by atoms with E-state index in [1.54, 1.807) is 25.1 Å². The maximum atomic E-state index is 6.52. The van der Waals surface area contributed by atoms with E-state index in [-0.39, 0.29) is 12.5 Å². The molecule has 3 aromatic carbocycles. The SMILES string of the molecule is COc1ccc(C2c3c(C)nn(-c4ccccc4)c3Oc3ncn4nc(COc5ccc(C)cc5)nc4c32)cc1OC. The van der Waals surface area contributed by atoms with Gasteiger partial charge in [0.25, 0.3) is 0 Å². The van der Waals surface area contributed by atoms with Crippen molar-refractivity contribution < 1.29 is 18.9 Å². The van der Waals surface area contributed by atoms with Crippen LogP contribution in [0.2, 0.25) is 0 Å². The number of ether oxygens (including phenoxy) is 4. The Kier molecular flexibility index (Phi) is 6.23. The van der Waals surface area contributed by atoms with Gasteiger partial charge in [-0.25, -0.2) is 19.2 Å². The van der Waals surface area contributed by atoms with Crippen molar-refractivity contribution in [2.24, 2.45) is 0 Å². The summed E-state index contributed by atoms with van der Waals surface area (Å²) < 4.78 is 27.2. The van der Waals surface area contributed by atoms with Crippen molar-refractivity contribution in [1.29, 1.82) is 0 Å². The van der Waals surface area contributed by atoms with Crippen LogP contribution < -0.4 is 18.9 Å². The molecule has 0 aliphatic carbocycles. The molecule has 0 saturated heterocycles. The van der Waals surface area contributed by atoms with Crippen LogP contribution in [0.15, 0.2) is 79.1 Å². The van der Waals surface area contributed by atoms with E-state index < -0.39 is 0 Å². The predicted molar refractivity (Wildman–Crippen MR) is 155 cm³/mol. The highest BCUT2D eigenvalue weighted by Crippen LogP contribution is 2.50. The molecule has 10 nitrogen and oxygen atoms in total. The van der Waals surface area contributed by atoms with Crippen LogP contribution >= 0.6 is 0 Å². The number of aromatic nitrogens is 6. The number of nitrogens with zero attached hydrogens (tertiary/aromatic N) is 6. The fraction of sp³-hybridized carbons (Fsp3) is 0.188. The highest BCUT2D eigenvalue weighted by molar-refractivity contribution is 5.67. The third kappa shape index (κ3) is 4.28. The number of hydrogen-bond acceptors (Lipinski definition) is 8. The molecule has 4 heterocycles. The van der Waals surface area contributed by atoms with Gasteiger partial charge in [-0.05, 0) is 55.8 Å². The molecule has 6 aromatic rings. The first kappa shape index (κ1) is 25.6. The van der Waals surface area contributed by atoms with E-state index in [0.29, 0.717) is 34.7 Å². The minimum absolute atomic E-state index is 0.206. The molecule has 0 fully saturated rings. The van der Waals surface area contributed by atoms with Crippen molar-refractivity contribution in [2.75, 3.05) is 14.2 Å². The van der Waals surface area contributed by atoms with Gasteiger partial charge in [-0.15, -0.1) is 5.10 Å². The molecule has 1 aliphatic rings. The van der Waals surface area contributed by atoms with E-state index in [2.05, 4.69) is 10.1 Å². The Morgan fingerprint density at radius 2 is 1.64 bits per heavy atom. The summed E-state index contributed by atoms with van der Waals surface area (Å²) in [6, 6.07) is 23.7. The number of hydrogen-bond donors (Lipinski definition) is 0.